The van der Waals surface area contributed by atoms with E-state index in [1.54, 1.807) is 29.9 Å². The van der Waals surface area contributed by atoms with Crippen LogP contribution >= 0.6 is 0 Å². The summed E-state index contributed by atoms with van der Waals surface area (Å²) in [6.07, 6.45) is 2.49. The molecule has 1 aromatic heterocycles. The zero-order valence-corrected chi connectivity index (χ0v) is 13.7. The molecule has 3 rings (SSSR count). The Labute approximate surface area is 135 Å². The summed E-state index contributed by atoms with van der Waals surface area (Å²) >= 11 is 0. The smallest absolute Gasteiger partial charge is 0.260 e. The van der Waals surface area contributed by atoms with Gasteiger partial charge in [0.1, 0.15) is 5.56 Å². The Morgan fingerprint density at radius 1 is 1.43 bits per heavy atom. The van der Waals surface area contributed by atoms with Gasteiger partial charge in [-0.25, -0.2) is 0 Å². The lowest BCUT2D eigenvalue weighted by molar-refractivity contribution is 0.00978. The Morgan fingerprint density at radius 2 is 2.17 bits per heavy atom. The van der Waals surface area contributed by atoms with Crippen LogP contribution in [0.3, 0.4) is 0 Å². The average molecular weight is 315 g/mol. The summed E-state index contributed by atoms with van der Waals surface area (Å²) in [4.78, 5) is 14.3. The number of methoxy groups -OCH3 is 1. The number of amides is 1. The second-order valence-electron chi connectivity index (χ2n) is 5.82. The maximum absolute atomic E-state index is 12.6. The Hall–Kier alpha value is -2.34. The van der Waals surface area contributed by atoms with Crippen molar-refractivity contribution in [1.82, 2.24) is 14.7 Å². The zero-order valence-electron chi connectivity index (χ0n) is 13.7. The van der Waals surface area contributed by atoms with Crippen molar-refractivity contribution in [2.24, 2.45) is 7.05 Å². The lowest BCUT2D eigenvalue weighted by Gasteiger charge is -2.29. The fraction of sp³-hybridized carbons (Fsp3) is 0.412. The predicted octanol–water partition coefficient (Wildman–Crippen LogP) is 1.64. The monoisotopic (exact) mass is 315 g/mol. The molecule has 0 spiro atoms. The molecule has 1 aliphatic heterocycles. The molecule has 2 aromatic rings. The fourth-order valence-corrected chi connectivity index (χ4v) is 2.89. The van der Waals surface area contributed by atoms with Crippen molar-refractivity contribution in [3.8, 4) is 5.88 Å². The van der Waals surface area contributed by atoms with E-state index in [9.17, 15) is 4.79 Å². The van der Waals surface area contributed by atoms with E-state index in [4.69, 9.17) is 9.47 Å². The van der Waals surface area contributed by atoms with E-state index in [0.717, 1.165) is 6.42 Å². The number of carbonyl (C=O) groups excluding carboxylic acids is 1. The topological polar surface area (TPSA) is 56.6 Å². The number of rotatable bonds is 4. The van der Waals surface area contributed by atoms with E-state index in [1.165, 1.54) is 18.2 Å². The van der Waals surface area contributed by atoms with Crippen molar-refractivity contribution < 1.29 is 14.3 Å². The second kappa shape index (κ2) is 6.42. The summed E-state index contributed by atoms with van der Waals surface area (Å²) < 4.78 is 12.6. The Morgan fingerprint density at radius 3 is 2.91 bits per heavy atom. The number of likely N-dealkylation sites (N-methyl/N-ethyl adjacent to an activating group) is 1. The average Bonchev–Trinajstić information content (AvgIpc) is 2.95. The van der Waals surface area contributed by atoms with E-state index in [-0.39, 0.29) is 12.0 Å². The van der Waals surface area contributed by atoms with Crippen molar-refractivity contribution in [2.75, 3.05) is 20.7 Å². The van der Waals surface area contributed by atoms with Gasteiger partial charge < -0.3 is 14.4 Å². The lowest BCUT2D eigenvalue weighted by Crippen LogP contribution is -2.38. The number of aromatic nitrogens is 2. The Balaban J connectivity index is 1.67. The third kappa shape index (κ3) is 3.22. The van der Waals surface area contributed by atoms with Gasteiger partial charge in [0.05, 0.1) is 19.8 Å². The van der Waals surface area contributed by atoms with Gasteiger partial charge in [-0.1, -0.05) is 24.3 Å². The van der Waals surface area contributed by atoms with Crippen LogP contribution in [0.25, 0.3) is 0 Å². The molecule has 0 saturated carbocycles. The molecular formula is C17H21N3O3. The number of fused-ring (bicyclic) bond motifs is 1. The van der Waals surface area contributed by atoms with Crippen LogP contribution in [0.2, 0.25) is 0 Å². The minimum atomic E-state index is -0.114. The van der Waals surface area contributed by atoms with Gasteiger partial charge >= 0.3 is 0 Å². The van der Waals surface area contributed by atoms with Gasteiger partial charge in [-0.05, 0) is 11.1 Å². The van der Waals surface area contributed by atoms with Crippen LogP contribution in [0, 0.1) is 0 Å². The van der Waals surface area contributed by atoms with Crippen molar-refractivity contribution in [3.63, 3.8) is 0 Å². The number of benzene rings is 1. The van der Waals surface area contributed by atoms with Gasteiger partial charge in [0.2, 0.25) is 5.88 Å². The minimum absolute atomic E-state index is 0.00140. The molecule has 1 aliphatic rings. The van der Waals surface area contributed by atoms with Crippen molar-refractivity contribution >= 4 is 5.91 Å². The quantitative estimate of drug-likeness (QED) is 0.861. The third-order valence-electron chi connectivity index (χ3n) is 4.08. The minimum Gasteiger partial charge on any atom is -0.479 e. The first-order valence-corrected chi connectivity index (χ1v) is 7.60. The van der Waals surface area contributed by atoms with Gasteiger partial charge in [0, 0.05) is 33.3 Å². The van der Waals surface area contributed by atoms with E-state index < -0.39 is 0 Å². The molecule has 0 saturated heterocycles. The molecule has 23 heavy (non-hydrogen) atoms. The molecule has 1 amide bonds. The number of aryl methyl sites for hydroxylation is 1. The maximum Gasteiger partial charge on any atom is 0.260 e. The predicted molar refractivity (Wildman–Crippen MR) is 85.4 cm³/mol. The molecule has 6 nitrogen and oxygen atoms in total. The van der Waals surface area contributed by atoms with Gasteiger partial charge in [-0.2, -0.15) is 0 Å². The fourth-order valence-electron chi connectivity index (χ4n) is 2.89. The van der Waals surface area contributed by atoms with Crippen LogP contribution in [0.1, 0.15) is 21.5 Å². The van der Waals surface area contributed by atoms with E-state index >= 15 is 0 Å². The number of carbonyl (C=O) groups is 1. The number of hydrogen-bond acceptors (Lipinski definition) is 4. The van der Waals surface area contributed by atoms with Gasteiger partial charge in [-0.3, -0.25) is 9.48 Å². The first-order chi connectivity index (χ1) is 11.1. The van der Waals surface area contributed by atoms with Crippen molar-refractivity contribution in [3.05, 3.63) is 47.2 Å². The third-order valence-corrected chi connectivity index (χ3v) is 4.08. The van der Waals surface area contributed by atoms with E-state index in [0.29, 0.717) is 24.6 Å². The molecule has 2 heterocycles. The summed E-state index contributed by atoms with van der Waals surface area (Å²) in [7, 11) is 5.05. The zero-order chi connectivity index (χ0) is 16.4. The SMILES string of the molecule is COc1nn(C)cc1C(=O)N(C)CC1Cc2ccccc2CO1. The van der Waals surface area contributed by atoms with E-state index in [2.05, 4.69) is 17.2 Å². The van der Waals surface area contributed by atoms with Crippen LogP contribution < -0.4 is 4.74 Å². The maximum atomic E-state index is 12.6. The van der Waals surface area contributed by atoms with Crippen LogP contribution in [0.5, 0.6) is 5.88 Å². The highest BCUT2D eigenvalue weighted by molar-refractivity contribution is 5.96. The number of nitrogens with zero attached hydrogens (tertiary/aromatic N) is 3. The molecule has 0 fully saturated rings. The lowest BCUT2D eigenvalue weighted by atomic mass is 9.99. The normalized spacial score (nSPS) is 16.7. The van der Waals surface area contributed by atoms with E-state index in [1.807, 2.05) is 12.1 Å². The number of hydrogen-bond donors (Lipinski definition) is 0. The molecule has 0 bridgehead atoms. The highest BCUT2D eigenvalue weighted by Crippen LogP contribution is 2.22. The van der Waals surface area contributed by atoms with Crippen LogP contribution in [-0.4, -0.2) is 47.4 Å². The molecule has 122 valence electrons. The summed E-state index contributed by atoms with van der Waals surface area (Å²) in [6, 6.07) is 8.27. The molecule has 1 atom stereocenters. The van der Waals surface area contributed by atoms with Crippen LogP contribution in [0.15, 0.2) is 30.5 Å². The number of ether oxygens (including phenoxy) is 2. The van der Waals surface area contributed by atoms with Crippen molar-refractivity contribution in [1.29, 1.82) is 0 Å². The molecule has 0 aliphatic carbocycles. The summed E-state index contributed by atoms with van der Waals surface area (Å²) in [5, 5.41) is 4.12. The largest absolute Gasteiger partial charge is 0.479 e. The van der Waals surface area contributed by atoms with Crippen molar-refractivity contribution in [2.45, 2.75) is 19.1 Å². The standard InChI is InChI=1S/C17H21N3O3/c1-19(17(21)15-10-20(2)18-16(15)22-3)9-14-8-12-6-4-5-7-13(12)11-23-14/h4-7,10,14H,8-9,11H2,1-3H3. The van der Waals surface area contributed by atoms with Gasteiger partial charge in [0.25, 0.3) is 5.91 Å². The molecule has 0 radical (unpaired) electrons. The summed E-state index contributed by atoms with van der Waals surface area (Å²) in [6.45, 7) is 1.13. The van der Waals surface area contributed by atoms with Gasteiger partial charge in [-0.15, -0.1) is 5.10 Å². The van der Waals surface area contributed by atoms with Gasteiger partial charge in [0.15, 0.2) is 0 Å². The Kier molecular flexibility index (Phi) is 4.34. The highest BCUT2D eigenvalue weighted by atomic mass is 16.5. The second-order valence-corrected chi connectivity index (χ2v) is 5.82. The Bertz CT molecular complexity index is 711. The molecule has 1 unspecified atom stereocenters. The summed E-state index contributed by atoms with van der Waals surface area (Å²) in [5.41, 5.74) is 2.99. The molecule has 1 aromatic carbocycles. The molecule has 6 heteroatoms. The first kappa shape index (κ1) is 15.6. The molecular weight excluding hydrogens is 294 g/mol. The van der Waals surface area contributed by atoms with Crippen LogP contribution in [0.4, 0.5) is 0 Å². The first-order valence-electron chi connectivity index (χ1n) is 7.60. The summed E-state index contributed by atoms with van der Waals surface area (Å²) in [5.74, 6) is 0.233. The molecule has 0 N–H and O–H groups in total. The van der Waals surface area contributed by atoms with Crippen LogP contribution in [-0.2, 0) is 24.8 Å². The highest BCUT2D eigenvalue weighted by Gasteiger charge is 2.25.